The molecule has 2 aromatic carbocycles. The van der Waals surface area contributed by atoms with E-state index in [0.717, 1.165) is 29.9 Å². The summed E-state index contributed by atoms with van der Waals surface area (Å²) in [5, 5.41) is 2.58. The molecule has 0 aliphatic rings. The molecule has 5 nitrogen and oxygen atoms in total. The Bertz CT molecular complexity index is 791. The van der Waals surface area contributed by atoms with Gasteiger partial charge >= 0.3 is 0 Å². The Balaban J connectivity index is 1.85. The second-order valence-electron chi connectivity index (χ2n) is 7.33. The molecule has 2 aromatic rings. The number of rotatable bonds is 13. The Morgan fingerprint density at radius 2 is 1.50 bits per heavy atom. The molecule has 0 saturated heterocycles. The van der Waals surface area contributed by atoms with E-state index in [1.54, 1.807) is 12.1 Å². The highest BCUT2D eigenvalue weighted by Gasteiger charge is 2.17. The molecule has 1 unspecified atom stereocenters. The number of carbonyl (C=O) groups is 2. The molecule has 30 heavy (non-hydrogen) atoms. The molecule has 0 aliphatic carbocycles. The van der Waals surface area contributed by atoms with Gasteiger partial charge in [0.2, 0.25) is 5.91 Å². The van der Waals surface area contributed by atoms with Gasteiger partial charge in [-0.15, -0.1) is 0 Å². The summed E-state index contributed by atoms with van der Waals surface area (Å²) in [6, 6.07) is 14.4. The molecule has 0 fully saturated rings. The lowest BCUT2D eigenvalue weighted by atomic mass is 10.0. The molecule has 2 rings (SSSR count). The summed E-state index contributed by atoms with van der Waals surface area (Å²) in [4.78, 5) is 23.5. The summed E-state index contributed by atoms with van der Waals surface area (Å²) in [5.74, 6) is 0.0751. The van der Waals surface area contributed by atoms with Crippen LogP contribution >= 0.6 is 12.6 Å². The normalized spacial score (nSPS) is 11.7. The molecule has 0 bridgehead atoms. The Morgan fingerprint density at radius 3 is 2.07 bits per heavy atom. The van der Waals surface area contributed by atoms with Crippen molar-refractivity contribution in [2.75, 3.05) is 12.4 Å². The average molecular weight is 429 g/mol. The van der Waals surface area contributed by atoms with Gasteiger partial charge in [0.1, 0.15) is 11.8 Å². The second kappa shape index (κ2) is 13.0. The molecular formula is C24H32N2O3S. The first-order valence-corrected chi connectivity index (χ1v) is 11.2. The molecule has 162 valence electrons. The lowest BCUT2D eigenvalue weighted by molar-refractivity contribution is -0.119. The third kappa shape index (κ3) is 7.75. The number of nitrogens with one attached hydrogen (secondary N) is 1. The molecule has 0 saturated carbocycles. The molecule has 1 atom stereocenters. The van der Waals surface area contributed by atoms with E-state index in [9.17, 15) is 9.59 Å². The highest BCUT2D eigenvalue weighted by atomic mass is 32.1. The maximum Gasteiger partial charge on any atom is 0.251 e. The number of hydrogen-bond donors (Lipinski definition) is 3. The third-order valence-corrected chi connectivity index (χ3v) is 5.30. The molecule has 6 heteroatoms. The van der Waals surface area contributed by atoms with Gasteiger partial charge in [0.15, 0.2) is 0 Å². The van der Waals surface area contributed by atoms with Crippen molar-refractivity contribution >= 4 is 24.4 Å². The smallest absolute Gasteiger partial charge is 0.251 e. The maximum atomic E-state index is 12.2. The zero-order valence-electron chi connectivity index (χ0n) is 17.6. The van der Waals surface area contributed by atoms with Crippen LogP contribution in [0.5, 0.6) is 5.75 Å². The fourth-order valence-electron chi connectivity index (χ4n) is 3.08. The first-order valence-electron chi connectivity index (χ1n) is 10.6. The van der Waals surface area contributed by atoms with Crippen LogP contribution in [0.4, 0.5) is 0 Å². The highest BCUT2D eigenvalue weighted by Crippen LogP contribution is 2.23. The highest BCUT2D eigenvalue weighted by molar-refractivity contribution is 7.80. The first kappa shape index (κ1) is 23.8. The van der Waals surface area contributed by atoms with Gasteiger partial charge in [-0.05, 0) is 41.8 Å². The summed E-state index contributed by atoms with van der Waals surface area (Å²) in [5.41, 5.74) is 7.74. The van der Waals surface area contributed by atoms with Gasteiger partial charge in [-0.1, -0.05) is 63.3 Å². The Kier molecular flexibility index (Phi) is 10.3. The van der Waals surface area contributed by atoms with Gasteiger partial charge in [-0.2, -0.15) is 12.6 Å². The van der Waals surface area contributed by atoms with E-state index in [0.29, 0.717) is 5.56 Å². The fraction of sp³-hybridized carbons (Fsp3) is 0.417. The summed E-state index contributed by atoms with van der Waals surface area (Å²) in [6.07, 6.45) is 7.47. The predicted molar refractivity (Wildman–Crippen MR) is 125 cm³/mol. The standard InChI is InChI=1S/C24H32N2O3S/c1-2-3-4-5-6-7-16-29-21-14-12-19(13-15-21)18-8-10-20(11-9-18)24(28)26-22(17-30)23(25)27/h8-15,22,30H,2-7,16-17H2,1H3,(H2,25,27)(H,26,28). The quantitative estimate of drug-likeness (QED) is 0.322. The number of nitrogens with two attached hydrogens (primary N) is 1. The number of benzene rings is 2. The molecule has 0 heterocycles. The van der Waals surface area contributed by atoms with Crippen LogP contribution in [-0.4, -0.2) is 30.2 Å². The summed E-state index contributed by atoms with van der Waals surface area (Å²) >= 11 is 4.03. The van der Waals surface area contributed by atoms with E-state index in [-0.39, 0.29) is 11.7 Å². The van der Waals surface area contributed by atoms with Gasteiger partial charge in [0, 0.05) is 11.3 Å². The minimum absolute atomic E-state index is 0.159. The van der Waals surface area contributed by atoms with Gasteiger partial charge in [-0.3, -0.25) is 9.59 Å². The van der Waals surface area contributed by atoms with Crippen molar-refractivity contribution in [3.63, 3.8) is 0 Å². The molecule has 3 N–H and O–H groups in total. The van der Waals surface area contributed by atoms with E-state index in [1.807, 2.05) is 36.4 Å². The monoisotopic (exact) mass is 428 g/mol. The molecule has 0 radical (unpaired) electrons. The van der Waals surface area contributed by atoms with Crippen LogP contribution in [-0.2, 0) is 4.79 Å². The predicted octanol–water partition coefficient (Wildman–Crippen LogP) is 4.61. The molecule has 0 spiro atoms. The average Bonchev–Trinajstić information content (AvgIpc) is 2.77. The van der Waals surface area contributed by atoms with E-state index in [4.69, 9.17) is 10.5 Å². The van der Waals surface area contributed by atoms with Crippen LogP contribution in [0.3, 0.4) is 0 Å². The molecule has 0 aliphatic heterocycles. The third-order valence-electron chi connectivity index (χ3n) is 4.93. The van der Waals surface area contributed by atoms with E-state index in [1.165, 1.54) is 32.1 Å². The molecular weight excluding hydrogens is 396 g/mol. The van der Waals surface area contributed by atoms with E-state index < -0.39 is 11.9 Å². The SMILES string of the molecule is CCCCCCCCOc1ccc(-c2ccc(C(=O)NC(CS)C(N)=O)cc2)cc1. The van der Waals surface area contributed by atoms with Crippen LogP contribution in [0, 0.1) is 0 Å². The van der Waals surface area contributed by atoms with Crippen LogP contribution < -0.4 is 15.8 Å². The van der Waals surface area contributed by atoms with Crippen molar-refractivity contribution in [1.29, 1.82) is 0 Å². The number of hydrogen-bond acceptors (Lipinski definition) is 4. The minimum Gasteiger partial charge on any atom is -0.494 e. The van der Waals surface area contributed by atoms with Crippen molar-refractivity contribution in [2.45, 2.75) is 51.5 Å². The van der Waals surface area contributed by atoms with Crippen molar-refractivity contribution in [3.05, 3.63) is 54.1 Å². The fourth-order valence-corrected chi connectivity index (χ4v) is 3.35. The molecule has 0 aromatic heterocycles. The van der Waals surface area contributed by atoms with Crippen LogP contribution in [0.1, 0.15) is 55.8 Å². The summed E-state index contributed by atoms with van der Waals surface area (Å²) < 4.78 is 5.82. The summed E-state index contributed by atoms with van der Waals surface area (Å²) in [6.45, 7) is 2.97. The van der Waals surface area contributed by atoms with E-state index >= 15 is 0 Å². The number of unbranched alkanes of at least 4 members (excludes halogenated alkanes) is 5. The number of carbonyl (C=O) groups excluding carboxylic acids is 2. The van der Waals surface area contributed by atoms with Gasteiger partial charge in [0.05, 0.1) is 6.61 Å². The van der Waals surface area contributed by atoms with Crippen LogP contribution in [0.15, 0.2) is 48.5 Å². The second-order valence-corrected chi connectivity index (χ2v) is 7.69. The van der Waals surface area contributed by atoms with E-state index in [2.05, 4.69) is 24.9 Å². The Hall–Kier alpha value is -2.47. The van der Waals surface area contributed by atoms with Gasteiger partial charge in [-0.25, -0.2) is 0 Å². The number of primary amides is 1. The number of amides is 2. The number of thiol groups is 1. The lowest BCUT2D eigenvalue weighted by Gasteiger charge is -2.13. The van der Waals surface area contributed by atoms with Crippen molar-refractivity contribution < 1.29 is 14.3 Å². The minimum atomic E-state index is -0.788. The number of ether oxygens (including phenoxy) is 1. The topological polar surface area (TPSA) is 81.4 Å². The first-order chi connectivity index (χ1) is 14.5. The van der Waals surface area contributed by atoms with Crippen molar-refractivity contribution in [3.8, 4) is 16.9 Å². The lowest BCUT2D eigenvalue weighted by Crippen LogP contribution is -2.45. The zero-order valence-corrected chi connectivity index (χ0v) is 18.5. The van der Waals surface area contributed by atoms with Gasteiger partial charge in [0.25, 0.3) is 5.91 Å². The maximum absolute atomic E-state index is 12.2. The zero-order chi connectivity index (χ0) is 21.8. The molecule has 2 amide bonds. The van der Waals surface area contributed by atoms with Crippen LogP contribution in [0.25, 0.3) is 11.1 Å². The van der Waals surface area contributed by atoms with Crippen LogP contribution in [0.2, 0.25) is 0 Å². The summed E-state index contributed by atoms with van der Waals surface area (Å²) in [7, 11) is 0. The Morgan fingerprint density at radius 1 is 0.933 bits per heavy atom. The largest absolute Gasteiger partial charge is 0.494 e. The Labute approximate surface area is 184 Å². The van der Waals surface area contributed by atoms with Crippen molar-refractivity contribution in [2.24, 2.45) is 5.73 Å². The van der Waals surface area contributed by atoms with Gasteiger partial charge < -0.3 is 15.8 Å². The van der Waals surface area contributed by atoms with Crippen molar-refractivity contribution in [1.82, 2.24) is 5.32 Å².